The minimum absolute atomic E-state index is 0.337. The van der Waals surface area contributed by atoms with Crippen molar-refractivity contribution < 1.29 is 23.8 Å². The highest BCUT2D eigenvalue weighted by atomic mass is 16.5. The zero-order valence-corrected chi connectivity index (χ0v) is 14.0. The number of rotatable bonds is 5. The molecule has 0 aliphatic rings. The van der Waals surface area contributed by atoms with Gasteiger partial charge in [0.25, 0.3) is 0 Å². The first-order chi connectivity index (χ1) is 12.7. The van der Waals surface area contributed by atoms with Gasteiger partial charge in [0.05, 0.1) is 19.0 Å². The summed E-state index contributed by atoms with van der Waals surface area (Å²) in [6.45, 7) is 0.337. The van der Waals surface area contributed by atoms with Crippen LogP contribution in [0.15, 0.2) is 65.5 Å². The first-order valence-corrected chi connectivity index (χ1v) is 7.94. The third kappa shape index (κ3) is 3.27. The van der Waals surface area contributed by atoms with E-state index in [0.29, 0.717) is 40.7 Å². The van der Waals surface area contributed by atoms with Crippen LogP contribution in [0, 0.1) is 0 Å². The van der Waals surface area contributed by atoms with Crippen molar-refractivity contribution in [1.29, 1.82) is 0 Å². The molecule has 1 aromatic carbocycles. The maximum absolute atomic E-state index is 9.52. The van der Waals surface area contributed by atoms with Crippen molar-refractivity contribution in [3.63, 3.8) is 0 Å². The highest BCUT2D eigenvalue weighted by Crippen LogP contribution is 2.26. The second-order valence-corrected chi connectivity index (χ2v) is 5.60. The first kappa shape index (κ1) is 15.9. The van der Waals surface area contributed by atoms with Gasteiger partial charge in [-0.25, -0.2) is 4.98 Å². The normalized spacial score (nSPS) is 10.8. The number of oxazole rings is 1. The summed E-state index contributed by atoms with van der Waals surface area (Å²) in [5.74, 6) is 1.80. The Morgan fingerprint density at radius 2 is 2.04 bits per heavy atom. The molecular formula is C19H16N3O4+. The number of ether oxygens (including phenoxy) is 2. The molecule has 0 fully saturated rings. The van der Waals surface area contributed by atoms with E-state index >= 15 is 0 Å². The highest BCUT2D eigenvalue weighted by molar-refractivity contribution is 5.77. The molecule has 0 unspecified atom stereocenters. The fraction of sp³-hybridized carbons (Fsp3) is 0.105. The number of hydrogen-bond acceptors (Lipinski definition) is 6. The molecule has 3 aromatic heterocycles. The molecule has 0 aliphatic heterocycles. The van der Waals surface area contributed by atoms with E-state index in [1.54, 1.807) is 25.4 Å². The molecule has 1 N–H and O–H groups in total. The molecular weight excluding hydrogens is 334 g/mol. The second-order valence-electron chi connectivity index (χ2n) is 5.60. The van der Waals surface area contributed by atoms with Gasteiger partial charge < -0.3 is 13.9 Å². The predicted octanol–water partition coefficient (Wildman–Crippen LogP) is 3.00. The largest absolute Gasteiger partial charge is 0.495 e. The second kappa shape index (κ2) is 6.72. The summed E-state index contributed by atoms with van der Waals surface area (Å²) in [7, 11) is 1.60. The Morgan fingerprint density at radius 1 is 1.15 bits per heavy atom. The number of methoxy groups -OCH3 is 1. The summed E-state index contributed by atoms with van der Waals surface area (Å²) >= 11 is 0. The number of nitrogens with zero attached hydrogens (tertiary/aromatic N) is 3. The lowest BCUT2D eigenvalue weighted by Gasteiger charge is -2.06. The third-order valence-corrected chi connectivity index (χ3v) is 3.81. The fourth-order valence-corrected chi connectivity index (χ4v) is 2.48. The summed E-state index contributed by atoms with van der Waals surface area (Å²) in [4.78, 5) is 8.73. The van der Waals surface area contributed by atoms with Crippen LogP contribution in [0.1, 0.15) is 5.69 Å². The molecule has 7 nitrogen and oxygen atoms in total. The van der Waals surface area contributed by atoms with Crippen molar-refractivity contribution in [1.82, 2.24) is 9.97 Å². The van der Waals surface area contributed by atoms with Gasteiger partial charge in [0, 0.05) is 16.9 Å². The number of fused-ring (bicyclic) bond motifs is 1. The van der Waals surface area contributed by atoms with Gasteiger partial charge in [0.2, 0.25) is 18.3 Å². The molecule has 0 amide bonds. The van der Waals surface area contributed by atoms with Crippen molar-refractivity contribution in [3.8, 4) is 23.0 Å². The van der Waals surface area contributed by atoms with E-state index in [9.17, 15) is 5.21 Å². The van der Waals surface area contributed by atoms with E-state index in [2.05, 4.69) is 9.97 Å². The lowest BCUT2D eigenvalue weighted by Crippen LogP contribution is -2.28. The van der Waals surface area contributed by atoms with E-state index in [1.807, 2.05) is 30.3 Å². The molecule has 0 atom stereocenters. The summed E-state index contributed by atoms with van der Waals surface area (Å²) in [6, 6.07) is 12.6. The smallest absolute Gasteiger partial charge is 0.234 e. The number of hydrogen-bond donors (Lipinski definition) is 1. The van der Waals surface area contributed by atoms with E-state index in [4.69, 9.17) is 13.9 Å². The molecule has 7 heteroatoms. The zero-order chi connectivity index (χ0) is 17.9. The Labute approximate surface area is 149 Å². The van der Waals surface area contributed by atoms with Crippen LogP contribution in [0.25, 0.3) is 22.6 Å². The van der Waals surface area contributed by atoms with Gasteiger partial charge in [-0.3, -0.25) is 10.2 Å². The third-order valence-electron chi connectivity index (χ3n) is 3.81. The van der Waals surface area contributed by atoms with Crippen molar-refractivity contribution in [2.45, 2.75) is 6.61 Å². The van der Waals surface area contributed by atoms with Crippen LogP contribution in [-0.2, 0) is 6.61 Å². The molecule has 4 rings (SSSR count). The van der Waals surface area contributed by atoms with Crippen LogP contribution in [0.5, 0.6) is 11.5 Å². The fourth-order valence-electron chi connectivity index (χ4n) is 2.48. The number of pyridine rings is 2. The van der Waals surface area contributed by atoms with Crippen LogP contribution in [0.2, 0.25) is 0 Å². The lowest BCUT2D eigenvalue weighted by molar-refractivity contribution is -0.904. The van der Waals surface area contributed by atoms with Crippen LogP contribution >= 0.6 is 0 Å². The number of benzene rings is 1. The Bertz CT molecular complexity index is 1040. The van der Waals surface area contributed by atoms with Crippen molar-refractivity contribution in [3.05, 3.63) is 66.7 Å². The lowest BCUT2D eigenvalue weighted by atomic mass is 10.3. The molecule has 0 aliphatic carbocycles. The maximum atomic E-state index is 9.52. The van der Waals surface area contributed by atoms with E-state index in [1.165, 1.54) is 12.4 Å². The monoisotopic (exact) mass is 350 g/mol. The minimum atomic E-state index is 0.337. The van der Waals surface area contributed by atoms with Crippen LogP contribution in [0.4, 0.5) is 0 Å². The van der Waals surface area contributed by atoms with Crippen LogP contribution < -0.4 is 14.2 Å². The average molecular weight is 350 g/mol. The molecule has 0 saturated heterocycles. The van der Waals surface area contributed by atoms with Gasteiger partial charge in [-0.2, -0.15) is 0 Å². The molecule has 4 aromatic rings. The van der Waals surface area contributed by atoms with E-state index < -0.39 is 0 Å². The van der Waals surface area contributed by atoms with Gasteiger partial charge in [0.15, 0.2) is 5.58 Å². The molecule has 0 radical (unpaired) electrons. The summed E-state index contributed by atoms with van der Waals surface area (Å²) in [6.07, 6.45) is 4.70. The zero-order valence-electron chi connectivity index (χ0n) is 14.0. The molecule has 26 heavy (non-hydrogen) atoms. The Hall–Kier alpha value is -3.61. The van der Waals surface area contributed by atoms with Crippen molar-refractivity contribution in [2.24, 2.45) is 0 Å². The predicted molar refractivity (Wildman–Crippen MR) is 91.9 cm³/mol. The van der Waals surface area contributed by atoms with Crippen molar-refractivity contribution in [2.75, 3.05) is 7.11 Å². The number of aromatic nitrogens is 3. The quantitative estimate of drug-likeness (QED) is 0.440. The summed E-state index contributed by atoms with van der Waals surface area (Å²) in [5.41, 5.74) is 2.79. The summed E-state index contributed by atoms with van der Waals surface area (Å²) < 4.78 is 17.6. The van der Waals surface area contributed by atoms with Gasteiger partial charge in [-0.15, -0.1) is 0 Å². The van der Waals surface area contributed by atoms with Gasteiger partial charge in [0.1, 0.15) is 29.2 Å². The Balaban J connectivity index is 1.53. The van der Waals surface area contributed by atoms with Crippen molar-refractivity contribution >= 4 is 11.1 Å². The summed E-state index contributed by atoms with van der Waals surface area (Å²) in [5, 5.41) is 9.52. The Kier molecular flexibility index (Phi) is 4.10. The molecule has 0 bridgehead atoms. The maximum Gasteiger partial charge on any atom is 0.234 e. The highest BCUT2D eigenvalue weighted by Gasteiger charge is 2.12. The SMILES string of the molecule is COc1ccc(COc2ccc3oc(-c4ccc[n+](O)c4)nc3c2)nc1. The first-order valence-electron chi connectivity index (χ1n) is 7.94. The van der Waals surface area contributed by atoms with E-state index in [0.717, 1.165) is 10.4 Å². The average Bonchev–Trinajstić information content (AvgIpc) is 3.10. The van der Waals surface area contributed by atoms with Gasteiger partial charge in [-0.05, 0) is 30.3 Å². The van der Waals surface area contributed by atoms with Gasteiger partial charge in [-0.1, -0.05) is 0 Å². The Morgan fingerprint density at radius 3 is 2.81 bits per heavy atom. The van der Waals surface area contributed by atoms with Gasteiger partial charge >= 0.3 is 0 Å². The molecule has 130 valence electrons. The van der Waals surface area contributed by atoms with Crippen LogP contribution in [-0.4, -0.2) is 22.3 Å². The van der Waals surface area contributed by atoms with Crippen LogP contribution in [0.3, 0.4) is 0 Å². The molecule has 3 heterocycles. The van der Waals surface area contributed by atoms with E-state index in [-0.39, 0.29) is 0 Å². The topological polar surface area (TPSA) is 81.5 Å². The molecule has 0 saturated carbocycles. The molecule has 0 spiro atoms. The standard InChI is InChI=1S/C19H16N3O4/c1-24-16-5-4-14(20-10-16)12-25-15-6-7-18-17(9-15)21-19(26-18)13-3-2-8-22(23)11-13/h2-11,23H,12H2,1H3/q+1. The minimum Gasteiger partial charge on any atom is -0.495 e.